The van der Waals surface area contributed by atoms with Gasteiger partial charge in [-0.3, -0.25) is 4.79 Å². The summed E-state index contributed by atoms with van der Waals surface area (Å²) in [7, 11) is 0. The molecule has 0 saturated heterocycles. The summed E-state index contributed by atoms with van der Waals surface area (Å²) in [6.07, 6.45) is 1.47. The molecule has 2 aromatic carbocycles. The molecular formula is C19H16ClFN4O. The van der Waals surface area contributed by atoms with Crippen LogP contribution in [0.5, 0.6) is 0 Å². The summed E-state index contributed by atoms with van der Waals surface area (Å²) >= 11 is 6.28. The van der Waals surface area contributed by atoms with E-state index in [-0.39, 0.29) is 11.6 Å². The van der Waals surface area contributed by atoms with E-state index < -0.39 is 11.7 Å². The van der Waals surface area contributed by atoms with Crippen molar-refractivity contribution < 1.29 is 9.18 Å². The van der Waals surface area contributed by atoms with Crippen LogP contribution >= 0.6 is 11.6 Å². The van der Waals surface area contributed by atoms with Crippen molar-refractivity contribution in [3.8, 4) is 0 Å². The van der Waals surface area contributed by atoms with Crippen LogP contribution in [0.1, 0.15) is 21.6 Å². The van der Waals surface area contributed by atoms with Gasteiger partial charge in [0.2, 0.25) is 5.95 Å². The number of anilines is 3. The number of benzene rings is 2. The number of aryl methyl sites for hydroxylation is 2. The molecule has 3 rings (SSSR count). The van der Waals surface area contributed by atoms with E-state index in [2.05, 4.69) is 20.6 Å². The van der Waals surface area contributed by atoms with Crippen molar-refractivity contribution in [1.29, 1.82) is 0 Å². The number of carbonyl (C=O) groups excluding carboxylic acids is 1. The monoisotopic (exact) mass is 370 g/mol. The Hall–Kier alpha value is -2.99. The third-order valence-corrected chi connectivity index (χ3v) is 3.94. The molecule has 0 spiro atoms. The van der Waals surface area contributed by atoms with Gasteiger partial charge in [-0.1, -0.05) is 23.7 Å². The fraction of sp³-hybridized carbons (Fsp3) is 0.105. The lowest BCUT2D eigenvalue weighted by Gasteiger charge is -2.12. The quantitative estimate of drug-likeness (QED) is 0.686. The Balaban J connectivity index is 1.81. The minimum atomic E-state index is -0.465. The molecule has 0 atom stereocenters. The van der Waals surface area contributed by atoms with Gasteiger partial charge < -0.3 is 10.6 Å². The molecule has 0 unspecified atom stereocenters. The number of nitrogens with zero attached hydrogens (tertiary/aromatic N) is 2. The molecule has 0 radical (unpaired) electrons. The molecule has 0 fully saturated rings. The van der Waals surface area contributed by atoms with Gasteiger partial charge in [-0.15, -0.1) is 0 Å². The van der Waals surface area contributed by atoms with E-state index in [1.54, 1.807) is 6.07 Å². The minimum absolute atomic E-state index is 0.146. The lowest BCUT2D eigenvalue weighted by molar-refractivity contribution is 0.102. The predicted molar refractivity (Wildman–Crippen MR) is 101 cm³/mol. The molecule has 132 valence electrons. The average molecular weight is 371 g/mol. The maximum atomic E-state index is 13.2. The Bertz CT molecular complexity index is 954. The third-order valence-electron chi connectivity index (χ3n) is 3.64. The smallest absolute Gasteiger partial charge is 0.274 e. The lowest BCUT2D eigenvalue weighted by atomic mass is 10.1. The van der Waals surface area contributed by atoms with Crippen LogP contribution in [0, 0.1) is 19.7 Å². The second-order valence-corrected chi connectivity index (χ2v) is 6.20. The van der Waals surface area contributed by atoms with Gasteiger partial charge in [-0.2, -0.15) is 0 Å². The van der Waals surface area contributed by atoms with Crippen molar-refractivity contribution in [3.63, 3.8) is 0 Å². The summed E-state index contributed by atoms with van der Waals surface area (Å²) in [5, 5.41) is 6.18. The Morgan fingerprint density at radius 2 is 1.96 bits per heavy atom. The number of aromatic nitrogens is 2. The van der Waals surface area contributed by atoms with Gasteiger partial charge in [0.15, 0.2) is 0 Å². The fourth-order valence-corrected chi connectivity index (χ4v) is 2.86. The maximum Gasteiger partial charge on any atom is 0.274 e. The van der Waals surface area contributed by atoms with Crippen molar-refractivity contribution in [1.82, 2.24) is 9.97 Å². The highest BCUT2D eigenvalue weighted by Crippen LogP contribution is 2.29. The molecule has 0 saturated carbocycles. The van der Waals surface area contributed by atoms with Crippen molar-refractivity contribution >= 4 is 34.8 Å². The standard InChI is InChI=1S/C19H16ClFN4O/c1-11-8-12(2)17(15(20)9-11)25-19-22-7-6-16(24-19)18(26)23-14-5-3-4-13(21)10-14/h3-10H,1-2H3,(H,23,26)(H,22,24,25). The number of rotatable bonds is 4. The average Bonchev–Trinajstić information content (AvgIpc) is 2.58. The highest BCUT2D eigenvalue weighted by molar-refractivity contribution is 6.33. The second kappa shape index (κ2) is 7.49. The van der Waals surface area contributed by atoms with Gasteiger partial charge in [-0.25, -0.2) is 14.4 Å². The Morgan fingerprint density at radius 1 is 1.15 bits per heavy atom. The van der Waals surface area contributed by atoms with E-state index in [4.69, 9.17) is 11.6 Å². The number of amides is 1. The first-order valence-electron chi connectivity index (χ1n) is 7.86. The third kappa shape index (κ3) is 4.15. The molecular weight excluding hydrogens is 355 g/mol. The van der Waals surface area contributed by atoms with E-state index >= 15 is 0 Å². The zero-order valence-corrected chi connectivity index (χ0v) is 14.9. The summed E-state index contributed by atoms with van der Waals surface area (Å²) in [4.78, 5) is 20.7. The lowest BCUT2D eigenvalue weighted by Crippen LogP contribution is -2.15. The van der Waals surface area contributed by atoms with Crippen molar-refractivity contribution in [3.05, 3.63) is 76.3 Å². The SMILES string of the molecule is Cc1cc(C)c(Nc2nccc(C(=O)Nc3cccc(F)c3)n2)c(Cl)c1. The first-order chi connectivity index (χ1) is 12.4. The Kier molecular flexibility index (Phi) is 5.14. The highest BCUT2D eigenvalue weighted by atomic mass is 35.5. The van der Waals surface area contributed by atoms with E-state index in [1.807, 2.05) is 26.0 Å². The van der Waals surface area contributed by atoms with E-state index in [1.165, 1.54) is 30.5 Å². The topological polar surface area (TPSA) is 66.9 Å². The van der Waals surface area contributed by atoms with E-state index in [0.29, 0.717) is 16.4 Å². The zero-order valence-electron chi connectivity index (χ0n) is 14.2. The number of nitrogens with one attached hydrogen (secondary N) is 2. The van der Waals surface area contributed by atoms with Crippen LogP contribution in [0.2, 0.25) is 5.02 Å². The number of hydrogen-bond donors (Lipinski definition) is 2. The van der Waals surface area contributed by atoms with Crippen molar-refractivity contribution in [2.45, 2.75) is 13.8 Å². The first kappa shape index (κ1) is 17.8. The molecule has 5 nitrogen and oxygen atoms in total. The second-order valence-electron chi connectivity index (χ2n) is 5.79. The Morgan fingerprint density at radius 3 is 2.69 bits per heavy atom. The maximum absolute atomic E-state index is 13.2. The van der Waals surface area contributed by atoms with Gasteiger partial charge in [0, 0.05) is 11.9 Å². The first-order valence-corrected chi connectivity index (χ1v) is 8.24. The molecule has 1 amide bonds. The van der Waals surface area contributed by atoms with Gasteiger partial charge in [0.1, 0.15) is 11.5 Å². The summed E-state index contributed by atoms with van der Waals surface area (Å²) in [6.45, 7) is 3.87. The molecule has 3 aromatic rings. The summed E-state index contributed by atoms with van der Waals surface area (Å²) in [5.74, 6) is -0.657. The molecule has 0 aliphatic rings. The Labute approximate surface area is 155 Å². The largest absolute Gasteiger partial charge is 0.323 e. The van der Waals surface area contributed by atoms with Gasteiger partial charge in [0.25, 0.3) is 5.91 Å². The number of halogens is 2. The van der Waals surface area contributed by atoms with Crippen LogP contribution < -0.4 is 10.6 Å². The van der Waals surface area contributed by atoms with E-state index in [9.17, 15) is 9.18 Å². The molecule has 1 aromatic heterocycles. The number of hydrogen-bond acceptors (Lipinski definition) is 4. The van der Waals surface area contributed by atoms with Gasteiger partial charge in [0.05, 0.1) is 10.7 Å². The number of carbonyl (C=O) groups is 1. The zero-order chi connectivity index (χ0) is 18.7. The molecule has 0 aliphatic carbocycles. The van der Waals surface area contributed by atoms with Crippen LogP contribution in [-0.4, -0.2) is 15.9 Å². The summed E-state index contributed by atoms with van der Waals surface area (Å²) in [5.41, 5.74) is 3.16. The minimum Gasteiger partial charge on any atom is -0.323 e. The van der Waals surface area contributed by atoms with Crippen LogP contribution in [0.25, 0.3) is 0 Å². The van der Waals surface area contributed by atoms with Crippen molar-refractivity contribution in [2.24, 2.45) is 0 Å². The molecule has 26 heavy (non-hydrogen) atoms. The van der Waals surface area contributed by atoms with Crippen LogP contribution in [0.3, 0.4) is 0 Å². The van der Waals surface area contributed by atoms with Crippen LogP contribution in [-0.2, 0) is 0 Å². The van der Waals surface area contributed by atoms with Crippen LogP contribution in [0.4, 0.5) is 21.7 Å². The fourth-order valence-electron chi connectivity index (χ4n) is 2.49. The molecule has 7 heteroatoms. The predicted octanol–water partition coefficient (Wildman–Crippen LogP) is 4.88. The van der Waals surface area contributed by atoms with Gasteiger partial charge in [-0.05, 0) is 55.3 Å². The van der Waals surface area contributed by atoms with Crippen LogP contribution in [0.15, 0.2) is 48.7 Å². The molecule has 2 N–H and O–H groups in total. The molecule has 0 aliphatic heterocycles. The highest BCUT2D eigenvalue weighted by Gasteiger charge is 2.12. The molecule has 1 heterocycles. The summed E-state index contributed by atoms with van der Waals surface area (Å²) in [6, 6.07) is 10.9. The molecule has 0 bridgehead atoms. The summed E-state index contributed by atoms with van der Waals surface area (Å²) < 4.78 is 13.2. The van der Waals surface area contributed by atoms with Crippen molar-refractivity contribution in [2.75, 3.05) is 10.6 Å². The van der Waals surface area contributed by atoms with Gasteiger partial charge >= 0.3 is 0 Å². The normalized spacial score (nSPS) is 10.5. The van der Waals surface area contributed by atoms with E-state index in [0.717, 1.165) is 11.1 Å².